The van der Waals surface area contributed by atoms with Crippen LogP contribution in [0.1, 0.15) is 70.4 Å². The second kappa shape index (κ2) is 11.1. The Bertz CT molecular complexity index is 598. The third-order valence-electron chi connectivity index (χ3n) is 4.66. The van der Waals surface area contributed by atoms with E-state index in [1.807, 2.05) is 14.1 Å². The van der Waals surface area contributed by atoms with E-state index in [0.717, 1.165) is 29.8 Å². The summed E-state index contributed by atoms with van der Waals surface area (Å²) in [7, 11) is 4.04. The van der Waals surface area contributed by atoms with Gasteiger partial charge >= 0.3 is 0 Å². The van der Waals surface area contributed by atoms with Crippen LogP contribution in [0.4, 0.5) is 5.69 Å². The van der Waals surface area contributed by atoms with Gasteiger partial charge in [0.25, 0.3) is 0 Å². The van der Waals surface area contributed by atoms with Gasteiger partial charge in [-0.2, -0.15) is 0 Å². The molecule has 1 rings (SSSR count). The molecule has 0 saturated carbocycles. The van der Waals surface area contributed by atoms with Crippen molar-refractivity contribution in [3.63, 3.8) is 0 Å². The number of carbonyl (C=O) groups is 2. The maximum atomic E-state index is 12.4. The van der Waals surface area contributed by atoms with Crippen LogP contribution < -0.4 is 10.2 Å². The summed E-state index contributed by atoms with van der Waals surface area (Å²) in [5.41, 5.74) is 3.29. The van der Waals surface area contributed by atoms with Gasteiger partial charge in [0.2, 0.25) is 11.8 Å². The molecule has 0 radical (unpaired) electrons. The minimum absolute atomic E-state index is 0.00636. The van der Waals surface area contributed by atoms with Crippen LogP contribution in [-0.2, 0) is 9.59 Å². The normalized spacial score (nSPS) is 11.3. The second-order valence-electron chi connectivity index (χ2n) is 8.02. The summed E-state index contributed by atoms with van der Waals surface area (Å²) in [5, 5.41) is 2.95. The van der Waals surface area contributed by atoms with Crippen LogP contribution in [-0.4, -0.2) is 50.4 Å². The Hall–Kier alpha value is -1.88. The Morgan fingerprint density at radius 3 is 2.00 bits per heavy atom. The Balaban J connectivity index is 2.91. The van der Waals surface area contributed by atoms with E-state index in [0.29, 0.717) is 31.3 Å². The number of rotatable bonds is 10. The zero-order chi connectivity index (χ0) is 20.6. The van der Waals surface area contributed by atoms with Gasteiger partial charge in [0.05, 0.1) is 5.69 Å². The third-order valence-corrected chi connectivity index (χ3v) is 4.66. The Morgan fingerprint density at radius 2 is 1.56 bits per heavy atom. The minimum Gasteiger partial charge on any atom is -0.356 e. The molecule has 1 N–H and O–H groups in total. The van der Waals surface area contributed by atoms with E-state index in [9.17, 15) is 9.59 Å². The van der Waals surface area contributed by atoms with Crippen molar-refractivity contribution in [3.8, 4) is 0 Å². The SMILES string of the molecule is CC(=O)N(CCC(=O)NCCCN(C)C)c1c(C(C)C)cccc1C(C)C. The lowest BCUT2D eigenvalue weighted by Gasteiger charge is -2.29. The second-order valence-corrected chi connectivity index (χ2v) is 8.02. The molecule has 2 amide bonds. The number of para-hydroxylation sites is 1. The number of nitrogens with zero attached hydrogens (tertiary/aromatic N) is 2. The lowest BCUT2D eigenvalue weighted by Crippen LogP contribution is -2.36. The predicted octanol–water partition coefficient (Wildman–Crippen LogP) is 3.74. The first-order chi connectivity index (χ1) is 12.6. The molecular weight excluding hydrogens is 338 g/mol. The first-order valence-electron chi connectivity index (χ1n) is 9.97. The first-order valence-corrected chi connectivity index (χ1v) is 9.97. The summed E-state index contributed by atoms with van der Waals surface area (Å²) in [6, 6.07) is 6.23. The molecule has 0 heterocycles. The molecule has 0 unspecified atom stereocenters. The Kier molecular flexibility index (Phi) is 9.50. The highest BCUT2D eigenvalue weighted by Crippen LogP contribution is 2.35. The molecule has 0 aliphatic rings. The fourth-order valence-corrected chi connectivity index (χ4v) is 3.17. The number of hydrogen-bond acceptors (Lipinski definition) is 3. The third kappa shape index (κ3) is 7.33. The lowest BCUT2D eigenvalue weighted by molar-refractivity contribution is -0.121. The predicted molar refractivity (Wildman–Crippen MR) is 113 cm³/mol. The molecule has 152 valence electrons. The van der Waals surface area contributed by atoms with Gasteiger partial charge in [-0.15, -0.1) is 0 Å². The van der Waals surface area contributed by atoms with Crippen LogP contribution in [0, 0.1) is 0 Å². The molecule has 0 aliphatic carbocycles. The number of benzene rings is 1. The van der Waals surface area contributed by atoms with Crippen molar-refractivity contribution in [2.45, 2.75) is 59.3 Å². The van der Waals surface area contributed by atoms with Crippen molar-refractivity contribution >= 4 is 17.5 Å². The van der Waals surface area contributed by atoms with Crippen molar-refractivity contribution in [1.29, 1.82) is 0 Å². The van der Waals surface area contributed by atoms with Gasteiger partial charge in [-0.3, -0.25) is 9.59 Å². The highest BCUT2D eigenvalue weighted by molar-refractivity contribution is 5.94. The van der Waals surface area contributed by atoms with Crippen molar-refractivity contribution in [2.75, 3.05) is 38.6 Å². The van der Waals surface area contributed by atoms with E-state index in [1.54, 1.807) is 11.8 Å². The van der Waals surface area contributed by atoms with Crippen LogP contribution in [0.15, 0.2) is 18.2 Å². The van der Waals surface area contributed by atoms with Gasteiger partial charge in [-0.05, 0) is 50.0 Å². The Morgan fingerprint density at radius 1 is 1.00 bits per heavy atom. The van der Waals surface area contributed by atoms with E-state index in [-0.39, 0.29) is 11.8 Å². The largest absolute Gasteiger partial charge is 0.356 e. The molecule has 0 bridgehead atoms. The molecule has 5 nitrogen and oxygen atoms in total. The summed E-state index contributed by atoms with van der Waals surface area (Å²) >= 11 is 0. The highest BCUT2D eigenvalue weighted by Gasteiger charge is 2.22. The van der Waals surface area contributed by atoms with Crippen molar-refractivity contribution in [3.05, 3.63) is 29.3 Å². The van der Waals surface area contributed by atoms with E-state index in [4.69, 9.17) is 0 Å². The summed E-state index contributed by atoms with van der Waals surface area (Å²) in [5.74, 6) is 0.583. The number of carbonyl (C=O) groups excluding carboxylic acids is 2. The topological polar surface area (TPSA) is 52.7 Å². The van der Waals surface area contributed by atoms with Crippen molar-refractivity contribution in [2.24, 2.45) is 0 Å². The summed E-state index contributed by atoms with van der Waals surface area (Å²) in [6.45, 7) is 12.1. The highest BCUT2D eigenvalue weighted by atomic mass is 16.2. The van der Waals surface area contributed by atoms with Crippen LogP contribution in [0.5, 0.6) is 0 Å². The van der Waals surface area contributed by atoms with Gasteiger partial charge in [-0.1, -0.05) is 45.9 Å². The summed E-state index contributed by atoms with van der Waals surface area (Å²) < 4.78 is 0. The number of nitrogens with one attached hydrogen (secondary N) is 1. The zero-order valence-corrected chi connectivity index (χ0v) is 18.1. The molecule has 1 aromatic carbocycles. The van der Waals surface area contributed by atoms with Gasteiger partial charge in [0, 0.05) is 26.4 Å². The summed E-state index contributed by atoms with van der Waals surface area (Å²) in [4.78, 5) is 28.5. The van der Waals surface area contributed by atoms with Gasteiger partial charge in [0.1, 0.15) is 0 Å². The van der Waals surface area contributed by atoms with Crippen molar-refractivity contribution in [1.82, 2.24) is 10.2 Å². The molecule has 0 saturated heterocycles. The average Bonchev–Trinajstić information content (AvgIpc) is 2.58. The first kappa shape index (κ1) is 23.2. The molecule has 0 atom stereocenters. The van der Waals surface area contributed by atoms with E-state index >= 15 is 0 Å². The molecule has 27 heavy (non-hydrogen) atoms. The molecule has 0 aromatic heterocycles. The zero-order valence-electron chi connectivity index (χ0n) is 18.1. The van der Waals surface area contributed by atoms with Crippen LogP contribution in [0.25, 0.3) is 0 Å². The molecule has 0 spiro atoms. The van der Waals surface area contributed by atoms with Crippen LogP contribution in [0.2, 0.25) is 0 Å². The average molecular weight is 376 g/mol. The van der Waals surface area contributed by atoms with Crippen molar-refractivity contribution < 1.29 is 9.59 Å². The summed E-state index contributed by atoms with van der Waals surface area (Å²) in [6.07, 6.45) is 1.23. The molecular formula is C22H37N3O2. The number of hydrogen-bond donors (Lipinski definition) is 1. The smallest absolute Gasteiger partial charge is 0.223 e. The Labute approximate surface area is 165 Å². The van der Waals surface area contributed by atoms with Gasteiger partial charge in [-0.25, -0.2) is 0 Å². The van der Waals surface area contributed by atoms with Gasteiger partial charge < -0.3 is 15.1 Å². The number of amides is 2. The minimum atomic E-state index is -0.0228. The van der Waals surface area contributed by atoms with E-state index < -0.39 is 0 Å². The molecule has 0 aliphatic heterocycles. The molecule has 0 fully saturated rings. The lowest BCUT2D eigenvalue weighted by atomic mass is 9.91. The van der Waals surface area contributed by atoms with E-state index in [2.05, 4.69) is 56.1 Å². The van der Waals surface area contributed by atoms with Crippen LogP contribution in [0.3, 0.4) is 0 Å². The maximum Gasteiger partial charge on any atom is 0.223 e. The molecule has 1 aromatic rings. The fourth-order valence-electron chi connectivity index (χ4n) is 3.17. The fraction of sp³-hybridized carbons (Fsp3) is 0.636. The standard InChI is InChI=1S/C22H37N3O2/c1-16(2)19-10-8-11-20(17(3)4)22(19)25(18(5)26)15-12-21(27)23-13-9-14-24(6)7/h8,10-11,16-17H,9,12-15H2,1-7H3,(H,23,27). The van der Waals surface area contributed by atoms with E-state index in [1.165, 1.54) is 0 Å². The molecule has 5 heteroatoms. The van der Waals surface area contributed by atoms with Crippen LogP contribution >= 0.6 is 0 Å². The van der Waals surface area contributed by atoms with Gasteiger partial charge in [0.15, 0.2) is 0 Å². The maximum absolute atomic E-state index is 12.4. The quantitative estimate of drug-likeness (QED) is 0.634. The number of anilines is 1. The monoisotopic (exact) mass is 375 g/mol.